The Morgan fingerprint density at radius 1 is 1.56 bits per heavy atom. The fourth-order valence-corrected chi connectivity index (χ4v) is 1.94. The van der Waals surface area contributed by atoms with Gasteiger partial charge in [-0.15, -0.1) is 0 Å². The van der Waals surface area contributed by atoms with Crippen LogP contribution in [0, 0.1) is 10.1 Å². The number of anilines is 1. The molecule has 0 aliphatic rings. The van der Waals surface area contributed by atoms with E-state index in [1.165, 1.54) is 6.07 Å². The molecule has 0 fully saturated rings. The van der Waals surface area contributed by atoms with Crippen molar-refractivity contribution in [3.8, 4) is 0 Å². The van der Waals surface area contributed by atoms with Crippen molar-refractivity contribution in [1.29, 1.82) is 0 Å². The summed E-state index contributed by atoms with van der Waals surface area (Å²) in [6.07, 6.45) is 2.95. The van der Waals surface area contributed by atoms with Gasteiger partial charge in [-0.2, -0.15) is 0 Å². The van der Waals surface area contributed by atoms with E-state index in [0.717, 1.165) is 19.3 Å². The molecule has 1 unspecified atom stereocenters. The highest BCUT2D eigenvalue weighted by Crippen LogP contribution is 2.32. The third kappa shape index (κ3) is 3.85. The van der Waals surface area contributed by atoms with E-state index >= 15 is 0 Å². The first-order chi connectivity index (χ1) is 8.60. The third-order valence-corrected chi connectivity index (χ3v) is 3.04. The second kappa shape index (κ2) is 7.18. The van der Waals surface area contributed by atoms with Crippen LogP contribution in [0.5, 0.6) is 0 Å². The lowest BCUT2D eigenvalue weighted by atomic mass is 10.1. The topological polar surface area (TPSA) is 81.2 Å². The number of nitrogens with one attached hydrogen (secondary N) is 1. The molecule has 100 valence electrons. The Hall–Kier alpha value is -1.33. The standard InChI is InChI=1S/C12H18ClN3O2/c1-2-3-5-9(8-14)15-12-10(13)6-4-7-11(12)16(17)18/h4,6-7,9,15H,2-3,5,8,14H2,1H3. The van der Waals surface area contributed by atoms with Crippen molar-refractivity contribution >= 4 is 23.0 Å². The van der Waals surface area contributed by atoms with Crippen molar-refractivity contribution in [1.82, 2.24) is 0 Å². The van der Waals surface area contributed by atoms with Crippen LogP contribution in [-0.2, 0) is 0 Å². The van der Waals surface area contributed by atoms with Crippen molar-refractivity contribution in [2.75, 3.05) is 11.9 Å². The fraction of sp³-hybridized carbons (Fsp3) is 0.500. The zero-order chi connectivity index (χ0) is 13.5. The van der Waals surface area contributed by atoms with Crippen molar-refractivity contribution in [3.63, 3.8) is 0 Å². The van der Waals surface area contributed by atoms with Crippen molar-refractivity contribution < 1.29 is 4.92 Å². The Labute approximate surface area is 111 Å². The maximum Gasteiger partial charge on any atom is 0.293 e. The highest BCUT2D eigenvalue weighted by molar-refractivity contribution is 6.33. The van der Waals surface area contributed by atoms with Crippen LogP contribution in [0.1, 0.15) is 26.2 Å². The molecular formula is C12H18ClN3O2. The molecule has 1 aromatic carbocycles. The number of para-hydroxylation sites is 1. The molecule has 0 amide bonds. The second-order valence-corrected chi connectivity index (χ2v) is 4.52. The van der Waals surface area contributed by atoms with Gasteiger partial charge in [0, 0.05) is 18.7 Å². The van der Waals surface area contributed by atoms with Gasteiger partial charge in [0.2, 0.25) is 0 Å². The van der Waals surface area contributed by atoms with Gasteiger partial charge >= 0.3 is 0 Å². The van der Waals surface area contributed by atoms with E-state index in [4.69, 9.17) is 17.3 Å². The van der Waals surface area contributed by atoms with E-state index < -0.39 is 4.92 Å². The Bertz CT molecular complexity index is 412. The van der Waals surface area contributed by atoms with Crippen LogP contribution >= 0.6 is 11.6 Å². The van der Waals surface area contributed by atoms with Crippen LogP contribution in [0.25, 0.3) is 0 Å². The molecule has 0 saturated heterocycles. The normalized spacial score (nSPS) is 12.2. The predicted octanol–water partition coefficient (Wildman–Crippen LogP) is 3.18. The quantitative estimate of drug-likeness (QED) is 0.589. The number of unbranched alkanes of at least 4 members (excludes halogenated alkanes) is 1. The smallest absolute Gasteiger partial charge is 0.293 e. The van der Waals surface area contributed by atoms with Crippen LogP contribution in [-0.4, -0.2) is 17.5 Å². The van der Waals surface area contributed by atoms with E-state index in [0.29, 0.717) is 17.3 Å². The number of hydrogen-bond acceptors (Lipinski definition) is 4. The molecule has 1 aromatic rings. The van der Waals surface area contributed by atoms with Crippen LogP contribution < -0.4 is 11.1 Å². The molecule has 0 aliphatic carbocycles. The molecule has 6 heteroatoms. The summed E-state index contributed by atoms with van der Waals surface area (Å²) in [6, 6.07) is 4.63. The monoisotopic (exact) mass is 271 g/mol. The molecule has 1 rings (SSSR count). The summed E-state index contributed by atoms with van der Waals surface area (Å²) >= 11 is 6.00. The molecule has 3 N–H and O–H groups in total. The number of nitrogens with two attached hydrogens (primary N) is 1. The molecule has 0 spiro atoms. The maximum atomic E-state index is 10.9. The van der Waals surface area contributed by atoms with Gasteiger partial charge in [-0.05, 0) is 12.5 Å². The van der Waals surface area contributed by atoms with Crippen LogP contribution in [0.3, 0.4) is 0 Å². The Morgan fingerprint density at radius 2 is 2.28 bits per heavy atom. The highest BCUT2D eigenvalue weighted by Gasteiger charge is 2.19. The number of rotatable bonds is 7. The van der Waals surface area contributed by atoms with Crippen LogP contribution in [0.2, 0.25) is 5.02 Å². The summed E-state index contributed by atoms with van der Waals surface area (Å²) in [5.41, 5.74) is 6.00. The van der Waals surface area contributed by atoms with Crippen molar-refractivity contribution in [3.05, 3.63) is 33.3 Å². The average molecular weight is 272 g/mol. The Balaban J connectivity index is 2.90. The minimum atomic E-state index is -0.443. The Morgan fingerprint density at radius 3 is 2.83 bits per heavy atom. The first kappa shape index (κ1) is 14.7. The number of nitro benzene ring substituents is 1. The minimum absolute atomic E-state index is 0.00329. The predicted molar refractivity (Wildman–Crippen MR) is 74.1 cm³/mol. The highest BCUT2D eigenvalue weighted by atomic mass is 35.5. The maximum absolute atomic E-state index is 10.9. The number of nitrogens with zero attached hydrogens (tertiary/aromatic N) is 1. The van der Waals surface area contributed by atoms with Gasteiger partial charge < -0.3 is 11.1 Å². The molecule has 0 heterocycles. The van der Waals surface area contributed by atoms with Crippen LogP contribution in [0.15, 0.2) is 18.2 Å². The van der Waals surface area contributed by atoms with E-state index in [9.17, 15) is 10.1 Å². The largest absolute Gasteiger partial charge is 0.374 e. The van der Waals surface area contributed by atoms with Crippen molar-refractivity contribution in [2.24, 2.45) is 5.73 Å². The number of halogens is 1. The molecule has 18 heavy (non-hydrogen) atoms. The first-order valence-corrected chi connectivity index (χ1v) is 6.37. The van der Waals surface area contributed by atoms with Gasteiger partial charge in [-0.25, -0.2) is 0 Å². The molecule has 0 saturated carbocycles. The molecule has 0 radical (unpaired) electrons. The summed E-state index contributed by atoms with van der Waals surface area (Å²) < 4.78 is 0. The van der Waals surface area contributed by atoms with Crippen LogP contribution in [0.4, 0.5) is 11.4 Å². The summed E-state index contributed by atoms with van der Waals surface area (Å²) in [4.78, 5) is 10.5. The van der Waals surface area contributed by atoms with Gasteiger partial charge in [0.05, 0.1) is 9.95 Å². The third-order valence-electron chi connectivity index (χ3n) is 2.73. The lowest BCUT2D eigenvalue weighted by Crippen LogP contribution is -2.29. The van der Waals surface area contributed by atoms with Gasteiger partial charge in [0.1, 0.15) is 5.69 Å². The Kier molecular flexibility index (Phi) is 5.88. The molecule has 0 aliphatic heterocycles. The number of nitro groups is 1. The fourth-order valence-electron chi connectivity index (χ4n) is 1.71. The first-order valence-electron chi connectivity index (χ1n) is 5.99. The lowest BCUT2D eigenvalue weighted by Gasteiger charge is -2.18. The van der Waals surface area contributed by atoms with Gasteiger partial charge in [0.15, 0.2) is 0 Å². The number of benzene rings is 1. The molecule has 0 bridgehead atoms. The average Bonchev–Trinajstić information content (AvgIpc) is 2.35. The SMILES string of the molecule is CCCCC(CN)Nc1c(Cl)cccc1[N+](=O)[O-]. The molecular weight excluding hydrogens is 254 g/mol. The zero-order valence-corrected chi connectivity index (χ0v) is 11.1. The lowest BCUT2D eigenvalue weighted by molar-refractivity contribution is -0.384. The van der Waals surface area contributed by atoms with Gasteiger partial charge in [0.25, 0.3) is 5.69 Å². The van der Waals surface area contributed by atoms with E-state index in [-0.39, 0.29) is 11.7 Å². The summed E-state index contributed by atoms with van der Waals surface area (Å²) in [5.74, 6) is 0. The second-order valence-electron chi connectivity index (χ2n) is 4.11. The zero-order valence-electron chi connectivity index (χ0n) is 10.4. The van der Waals surface area contributed by atoms with Gasteiger partial charge in [-0.1, -0.05) is 37.4 Å². The minimum Gasteiger partial charge on any atom is -0.374 e. The van der Waals surface area contributed by atoms with Crippen molar-refractivity contribution in [2.45, 2.75) is 32.2 Å². The summed E-state index contributed by atoms with van der Waals surface area (Å²) in [5, 5.41) is 14.4. The van der Waals surface area contributed by atoms with E-state index in [1.54, 1.807) is 12.1 Å². The van der Waals surface area contributed by atoms with E-state index in [1.807, 2.05) is 0 Å². The summed E-state index contributed by atoms with van der Waals surface area (Å²) in [7, 11) is 0. The molecule has 1 atom stereocenters. The molecule has 0 aromatic heterocycles. The number of hydrogen-bond donors (Lipinski definition) is 2. The van der Waals surface area contributed by atoms with Gasteiger partial charge in [-0.3, -0.25) is 10.1 Å². The molecule has 5 nitrogen and oxygen atoms in total. The summed E-state index contributed by atoms with van der Waals surface area (Å²) in [6.45, 7) is 2.51. The van der Waals surface area contributed by atoms with E-state index in [2.05, 4.69) is 12.2 Å².